The Balaban J connectivity index is 1.99. The fourth-order valence-corrected chi connectivity index (χ4v) is 3.60. The number of methoxy groups -OCH3 is 1. The van der Waals surface area contributed by atoms with Crippen molar-refractivity contribution in [2.24, 2.45) is 7.05 Å². The number of ether oxygens (including phenoxy) is 2. The number of aromatic amines is 1. The molecule has 2 aromatic heterocycles. The molecule has 0 aliphatic heterocycles. The molecule has 31 heavy (non-hydrogen) atoms. The summed E-state index contributed by atoms with van der Waals surface area (Å²) in [5, 5.41) is 3.04. The van der Waals surface area contributed by atoms with Crippen molar-refractivity contribution in [1.29, 1.82) is 0 Å². The lowest BCUT2D eigenvalue weighted by molar-refractivity contribution is 0.0376. The van der Waals surface area contributed by atoms with Gasteiger partial charge in [-0.15, -0.1) is 0 Å². The zero-order valence-electron chi connectivity index (χ0n) is 18.6. The van der Waals surface area contributed by atoms with E-state index >= 15 is 0 Å². The van der Waals surface area contributed by atoms with Crippen LogP contribution in [0.3, 0.4) is 0 Å². The van der Waals surface area contributed by atoms with Gasteiger partial charge in [0.2, 0.25) is 0 Å². The second-order valence-electron chi connectivity index (χ2n) is 7.62. The molecule has 1 atom stereocenters. The van der Waals surface area contributed by atoms with Gasteiger partial charge in [0, 0.05) is 30.7 Å². The number of aromatic nitrogens is 3. The molecule has 0 saturated carbocycles. The topological polar surface area (TPSA) is 98.2 Å². The van der Waals surface area contributed by atoms with Crippen LogP contribution in [0.1, 0.15) is 63.4 Å². The molecule has 2 heterocycles. The number of hydrogen-bond acceptors (Lipinski definition) is 5. The van der Waals surface area contributed by atoms with Crippen molar-refractivity contribution in [3.8, 4) is 5.75 Å². The minimum Gasteiger partial charge on any atom is -0.496 e. The number of esters is 1. The summed E-state index contributed by atoms with van der Waals surface area (Å²) in [5.41, 5.74) is 2.58. The van der Waals surface area contributed by atoms with Gasteiger partial charge >= 0.3 is 5.97 Å². The third-order valence-corrected chi connectivity index (χ3v) is 5.05. The van der Waals surface area contributed by atoms with E-state index in [2.05, 4.69) is 15.3 Å². The van der Waals surface area contributed by atoms with Crippen LogP contribution in [0.25, 0.3) is 0 Å². The summed E-state index contributed by atoms with van der Waals surface area (Å²) in [4.78, 5) is 33.3. The molecular weight excluding hydrogens is 396 g/mol. The van der Waals surface area contributed by atoms with E-state index in [-0.39, 0.29) is 12.0 Å². The molecule has 0 aliphatic rings. The van der Waals surface area contributed by atoms with Gasteiger partial charge in [0.1, 0.15) is 23.3 Å². The fourth-order valence-electron chi connectivity index (χ4n) is 3.60. The van der Waals surface area contributed by atoms with Gasteiger partial charge < -0.3 is 24.3 Å². The number of amides is 1. The second kappa shape index (κ2) is 9.07. The van der Waals surface area contributed by atoms with Gasteiger partial charge in [-0.3, -0.25) is 4.79 Å². The van der Waals surface area contributed by atoms with Gasteiger partial charge in [0.05, 0.1) is 18.8 Å². The average molecular weight is 425 g/mol. The van der Waals surface area contributed by atoms with Crippen LogP contribution >= 0.6 is 0 Å². The summed E-state index contributed by atoms with van der Waals surface area (Å²) in [6, 6.07) is 6.91. The predicted octanol–water partition coefficient (Wildman–Crippen LogP) is 3.46. The highest BCUT2D eigenvalue weighted by atomic mass is 16.5. The lowest BCUT2D eigenvalue weighted by atomic mass is 10.0. The zero-order chi connectivity index (χ0) is 22.7. The number of hydrogen-bond donors (Lipinski definition) is 2. The Morgan fingerprint density at radius 1 is 1.19 bits per heavy atom. The molecular formula is C23H28N4O4. The largest absolute Gasteiger partial charge is 0.496 e. The van der Waals surface area contributed by atoms with E-state index in [1.807, 2.05) is 42.1 Å². The van der Waals surface area contributed by atoms with Crippen LogP contribution in [-0.2, 0) is 11.8 Å². The molecule has 2 N–H and O–H groups in total. The summed E-state index contributed by atoms with van der Waals surface area (Å²) in [5.74, 6) is 0.475. The molecule has 0 radical (unpaired) electrons. The maximum Gasteiger partial charge on any atom is 0.340 e. The van der Waals surface area contributed by atoms with Crippen molar-refractivity contribution >= 4 is 11.9 Å². The number of imidazole rings is 1. The molecule has 0 aliphatic carbocycles. The third kappa shape index (κ3) is 4.47. The number of aryl methyl sites for hydroxylation is 2. The Bertz CT molecular complexity index is 1100. The monoisotopic (exact) mass is 424 g/mol. The molecule has 8 heteroatoms. The van der Waals surface area contributed by atoms with Crippen LogP contribution in [0.15, 0.2) is 36.7 Å². The second-order valence-corrected chi connectivity index (χ2v) is 7.62. The van der Waals surface area contributed by atoms with E-state index in [9.17, 15) is 9.59 Å². The van der Waals surface area contributed by atoms with Crippen molar-refractivity contribution < 1.29 is 19.1 Å². The van der Waals surface area contributed by atoms with Crippen LogP contribution in [0.5, 0.6) is 5.75 Å². The first-order valence-corrected chi connectivity index (χ1v) is 10.1. The fraction of sp³-hybridized carbons (Fsp3) is 0.348. The highest BCUT2D eigenvalue weighted by Crippen LogP contribution is 2.30. The molecule has 1 unspecified atom stereocenters. The molecule has 164 valence electrons. The predicted molar refractivity (Wildman–Crippen MR) is 116 cm³/mol. The smallest absolute Gasteiger partial charge is 0.340 e. The van der Waals surface area contributed by atoms with E-state index in [0.29, 0.717) is 34.1 Å². The van der Waals surface area contributed by atoms with Gasteiger partial charge in [0.25, 0.3) is 5.91 Å². The van der Waals surface area contributed by atoms with Gasteiger partial charge in [0.15, 0.2) is 0 Å². The molecule has 0 fully saturated rings. The lowest BCUT2D eigenvalue weighted by Gasteiger charge is -2.21. The van der Waals surface area contributed by atoms with Crippen molar-refractivity contribution in [2.45, 2.75) is 39.8 Å². The highest BCUT2D eigenvalue weighted by molar-refractivity contribution is 6.00. The first kappa shape index (κ1) is 22.1. The van der Waals surface area contributed by atoms with E-state index in [1.165, 1.54) is 0 Å². The standard InChI is InChI=1S/C23H28N4O4/c1-13(2)31-23(29)18-14(3)19(25-15(18)4)22(28)26-20(21-24-11-12-27(21)5)16-9-7-8-10-17(16)30-6/h7-13,20,25H,1-6H3,(H,26,28). The van der Waals surface area contributed by atoms with Gasteiger partial charge in [-0.05, 0) is 39.3 Å². The van der Waals surface area contributed by atoms with Crippen molar-refractivity contribution in [3.63, 3.8) is 0 Å². The van der Waals surface area contributed by atoms with Crippen molar-refractivity contribution in [3.05, 3.63) is 70.6 Å². The minimum absolute atomic E-state index is 0.253. The van der Waals surface area contributed by atoms with Crippen LogP contribution in [0, 0.1) is 13.8 Å². The first-order chi connectivity index (χ1) is 14.7. The van der Waals surface area contributed by atoms with E-state index in [4.69, 9.17) is 9.47 Å². The Morgan fingerprint density at radius 2 is 1.90 bits per heavy atom. The molecule has 1 amide bonds. The molecule has 3 aromatic rings. The van der Waals surface area contributed by atoms with Gasteiger partial charge in [-0.25, -0.2) is 9.78 Å². The maximum atomic E-state index is 13.3. The number of carbonyl (C=O) groups excluding carboxylic acids is 2. The van der Waals surface area contributed by atoms with Gasteiger partial charge in [-0.2, -0.15) is 0 Å². The molecule has 1 aromatic carbocycles. The summed E-state index contributed by atoms with van der Waals surface area (Å²) >= 11 is 0. The van der Waals surface area contributed by atoms with Crippen LogP contribution in [0.4, 0.5) is 0 Å². The molecule has 0 spiro atoms. The quantitative estimate of drug-likeness (QED) is 0.566. The normalized spacial score (nSPS) is 12.0. The first-order valence-electron chi connectivity index (χ1n) is 10.1. The average Bonchev–Trinajstić information content (AvgIpc) is 3.27. The van der Waals surface area contributed by atoms with E-state index < -0.39 is 12.0 Å². The van der Waals surface area contributed by atoms with Crippen molar-refractivity contribution in [2.75, 3.05) is 7.11 Å². The summed E-state index contributed by atoms with van der Waals surface area (Å²) in [6.45, 7) is 7.05. The third-order valence-electron chi connectivity index (χ3n) is 5.05. The molecule has 0 saturated heterocycles. The number of rotatable bonds is 7. The number of para-hydroxylation sites is 1. The minimum atomic E-state index is -0.558. The number of nitrogens with one attached hydrogen (secondary N) is 2. The summed E-state index contributed by atoms with van der Waals surface area (Å²) < 4.78 is 12.7. The molecule has 0 bridgehead atoms. The Kier molecular flexibility index (Phi) is 6.48. The SMILES string of the molecule is COc1ccccc1C(NC(=O)c1[nH]c(C)c(C(=O)OC(C)C)c1C)c1nccn1C. The van der Waals surface area contributed by atoms with Crippen LogP contribution in [-0.4, -0.2) is 39.6 Å². The summed E-state index contributed by atoms with van der Waals surface area (Å²) in [6.07, 6.45) is 3.24. The number of benzene rings is 1. The van der Waals surface area contributed by atoms with Crippen LogP contribution < -0.4 is 10.1 Å². The van der Waals surface area contributed by atoms with Gasteiger partial charge in [-0.1, -0.05) is 18.2 Å². The zero-order valence-corrected chi connectivity index (χ0v) is 18.6. The molecule has 8 nitrogen and oxygen atoms in total. The number of carbonyl (C=O) groups is 2. The Hall–Kier alpha value is -3.55. The maximum absolute atomic E-state index is 13.3. The van der Waals surface area contributed by atoms with E-state index in [1.54, 1.807) is 41.0 Å². The lowest BCUT2D eigenvalue weighted by Crippen LogP contribution is -2.32. The Morgan fingerprint density at radius 3 is 2.52 bits per heavy atom. The molecule has 3 rings (SSSR count). The number of H-pyrrole nitrogens is 1. The summed E-state index contributed by atoms with van der Waals surface area (Å²) in [7, 11) is 3.45. The number of nitrogens with zero attached hydrogens (tertiary/aromatic N) is 2. The Labute approximate surface area is 181 Å². The highest BCUT2D eigenvalue weighted by Gasteiger charge is 2.28. The van der Waals surface area contributed by atoms with Crippen molar-refractivity contribution in [1.82, 2.24) is 19.9 Å². The van der Waals surface area contributed by atoms with E-state index in [0.717, 1.165) is 5.56 Å². The van der Waals surface area contributed by atoms with Crippen LogP contribution in [0.2, 0.25) is 0 Å².